The third-order valence-corrected chi connectivity index (χ3v) is 3.84. The molecule has 1 aliphatic rings. The summed E-state index contributed by atoms with van der Waals surface area (Å²) in [5.74, 6) is 0.525. The maximum atomic E-state index is 11.3. The number of carboxylic acids is 1. The van der Waals surface area contributed by atoms with Gasteiger partial charge in [-0.15, -0.1) is 0 Å². The lowest BCUT2D eigenvalue weighted by Gasteiger charge is -2.37. The molecule has 1 saturated heterocycles. The number of carbonyl (C=O) groups is 1. The predicted octanol–water partition coefficient (Wildman–Crippen LogP) is 1.38. The van der Waals surface area contributed by atoms with Gasteiger partial charge in [0.25, 0.3) is 0 Å². The van der Waals surface area contributed by atoms with Crippen LogP contribution in [0, 0.1) is 12.8 Å². The fourth-order valence-corrected chi connectivity index (χ4v) is 2.80. The van der Waals surface area contributed by atoms with E-state index in [9.17, 15) is 9.90 Å². The van der Waals surface area contributed by atoms with Gasteiger partial charge in [0.2, 0.25) is 0 Å². The van der Waals surface area contributed by atoms with Crippen molar-refractivity contribution in [1.29, 1.82) is 0 Å². The van der Waals surface area contributed by atoms with Crippen molar-refractivity contribution in [1.82, 2.24) is 14.5 Å². The molecular weight excluding hydrogens is 230 g/mol. The van der Waals surface area contributed by atoms with Gasteiger partial charge >= 0.3 is 5.97 Å². The molecule has 1 fully saturated rings. The molecule has 100 valence electrons. The van der Waals surface area contributed by atoms with Crippen LogP contribution in [0.1, 0.15) is 25.6 Å². The highest BCUT2D eigenvalue weighted by Gasteiger charge is 2.33. The number of hydrogen-bond acceptors (Lipinski definition) is 3. The van der Waals surface area contributed by atoms with E-state index in [1.165, 1.54) is 0 Å². The topological polar surface area (TPSA) is 58.4 Å². The van der Waals surface area contributed by atoms with Crippen molar-refractivity contribution >= 4 is 5.97 Å². The van der Waals surface area contributed by atoms with Crippen LogP contribution in [0.5, 0.6) is 0 Å². The highest BCUT2D eigenvalue weighted by molar-refractivity contribution is 5.74. The summed E-state index contributed by atoms with van der Waals surface area (Å²) in [5, 5.41) is 9.33. The summed E-state index contributed by atoms with van der Waals surface area (Å²) in [6.45, 7) is 6.47. The number of likely N-dealkylation sites (tertiary alicyclic amines) is 1. The molecule has 0 aromatic carbocycles. The number of piperidine rings is 1. The largest absolute Gasteiger partial charge is 0.480 e. The van der Waals surface area contributed by atoms with Gasteiger partial charge in [-0.3, -0.25) is 9.69 Å². The van der Waals surface area contributed by atoms with Crippen molar-refractivity contribution in [3.05, 3.63) is 18.2 Å². The molecule has 2 heterocycles. The van der Waals surface area contributed by atoms with E-state index in [1.807, 2.05) is 20.0 Å². The molecule has 1 aromatic rings. The molecule has 0 saturated carbocycles. The van der Waals surface area contributed by atoms with Gasteiger partial charge in [0, 0.05) is 25.5 Å². The number of hydrogen-bond donors (Lipinski definition) is 1. The highest BCUT2D eigenvalue weighted by Crippen LogP contribution is 2.23. The number of aryl methyl sites for hydroxylation is 1. The number of carboxylic acid groups (broad SMARTS) is 1. The molecule has 1 aliphatic heterocycles. The lowest BCUT2D eigenvalue weighted by atomic mass is 9.91. The molecule has 1 N–H and O–H groups in total. The van der Waals surface area contributed by atoms with Crippen LogP contribution in [0.25, 0.3) is 0 Å². The van der Waals surface area contributed by atoms with Crippen LogP contribution in [0.3, 0.4) is 0 Å². The molecule has 2 rings (SSSR count). The zero-order valence-electron chi connectivity index (χ0n) is 11.0. The van der Waals surface area contributed by atoms with Gasteiger partial charge in [-0.2, -0.15) is 0 Å². The molecule has 5 heteroatoms. The minimum Gasteiger partial charge on any atom is -0.480 e. The average molecular weight is 251 g/mol. The number of imidazole rings is 1. The van der Waals surface area contributed by atoms with Gasteiger partial charge in [0.1, 0.15) is 11.9 Å². The molecular formula is C13H21N3O2. The molecule has 0 radical (unpaired) electrons. The lowest BCUT2D eigenvalue weighted by Crippen LogP contribution is -2.50. The maximum Gasteiger partial charge on any atom is 0.321 e. The van der Waals surface area contributed by atoms with Crippen molar-refractivity contribution in [3.63, 3.8) is 0 Å². The Morgan fingerprint density at radius 3 is 2.94 bits per heavy atom. The van der Waals surface area contributed by atoms with E-state index in [0.717, 1.165) is 38.3 Å². The van der Waals surface area contributed by atoms with Crippen molar-refractivity contribution in [3.8, 4) is 0 Å². The van der Waals surface area contributed by atoms with Gasteiger partial charge in [-0.1, -0.05) is 6.92 Å². The SMILES string of the molecule is Cc1nccn1CCN1CCCC(C)C1C(=O)O. The van der Waals surface area contributed by atoms with Gasteiger partial charge in [-0.05, 0) is 32.2 Å². The van der Waals surface area contributed by atoms with Crippen LogP contribution < -0.4 is 0 Å². The Morgan fingerprint density at radius 1 is 1.56 bits per heavy atom. The van der Waals surface area contributed by atoms with Gasteiger partial charge < -0.3 is 9.67 Å². The second-order valence-corrected chi connectivity index (χ2v) is 5.11. The van der Waals surface area contributed by atoms with E-state index >= 15 is 0 Å². The van der Waals surface area contributed by atoms with Crippen molar-refractivity contribution in [2.45, 2.75) is 39.3 Å². The normalized spacial score (nSPS) is 25.2. The van der Waals surface area contributed by atoms with Crippen molar-refractivity contribution in [2.24, 2.45) is 5.92 Å². The van der Waals surface area contributed by atoms with Crippen LogP contribution in [0.4, 0.5) is 0 Å². The first-order valence-corrected chi connectivity index (χ1v) is 6.54. The molecule has 2 unspecified atom stereocenters. The van der Waals surface area contributed by atoms with Crippen LogP contribution in [-0.2, 0) is 11.3 Å². The Morgan fingerprint density at radius 2 is 2.33 bits per heavy atom. The zero-order valence-corrected chi connectivity index (χ0v) is 11.0. The van der Waals surface area contributed by atoms with Gasteiger partial charge in [0.05, 0.1) is 0 Å². The van der Waals surface area contributed by atoms with E-state index in [-0.39, 0.29) is 12.0 Å². The minimum absolute atomic E-state index is 0.236. The third kappa shape index (κ3) is 2.72. The predicted molar refractivity (Wildman–Crippen MR) is 68.4 cm³/mol. The van der Waals surface area contributed by atoms with Crippen molar-refractivity contribution < 1.29 is 9.90 Å². The smallest absolute Gasteiger partial charge is 0.321 e. The van der Waals surface area contributed by atoms with Crippen LogP contribution in [0.2, 0.25) is 0 Å². The Hall–Kier alpha value is -1.36. The van der Waals surface area contributed by atoms with Crippen LogP contribution >= 0.6 is 0 Å². The van der Waals surface area contributed by atoms with Gasteiger partial charge in [0.15, 0.2) is 0 Å². The minimum atomic E-state index is -0.690. The summed E-state index contributed by atoms with van der Waals surface area (Å²) in [6, 6.07) is -0.331. The van der Waals surface area contributed by atoms with Crippen LogP contribution in [-0.4, -0.2) is 44.7 Å². The fraction of sp³-hybridized carbons (Fsp3) is 0.692. The average Bonchev–Trinajstić information content (AvgIpc) is 2.71. The summed E-state index contributed by atoms with van der Waals surface area (Å²) in [5.41, 5.74) is 0. The number of nitrogens with zero attached hydrogens (tertiary/aromatic N) is 3. The first-order valence-electron chi connectivity index (χ1n) is 6.54. The Labute approximate surface area is 107 Å². The Kier molecular flexibility index (Phi) is 4.01. The van der Waals surface area contributed by atoms with E-state index < -0.39 is 5.97 Å². The Balaban J connectivity index is 1.98. The van der Waals surface area contributed by atoms with E-state index in [2.05, 4.69) is 14.5 Å². The summed E-state index contributed by atoms with van der Waals surface area (Å²) in [6.07, 6.45) is 5.83. The second kappa shape index (κ2) is 5.52. The quantitative estimate of drug-likeness (QED) is 0.878. The molecule has 5 nitrogen and oxygen atoms in total. The summed E-state index contributed by atoms with van der Waals surface area (Å²) < 4.78 is 2.07. The Bertz CT molecular complexity index is 416. The van der Waals surface area contributed by atoms with Gasteiger partial charge in [-0.25, -0.2) is 4.98 Å². The van der Waals surface area contributed by atoms with E-state index in [4.69, 9.17) is 0 Å². The molecule has 18 heavy (non-hydrogen) atoms. The molecule has 0 aliphatic carbocycles. The summed E-state index contributed by atoms with van der Waals surface area (Å²) in [7, 11) is 0. The number of rotatable bonds is 4. The second-order valence-electron chi connectivity index (χ2n) is 5.11. The summed E-state index contributed by atoms with van der Waals surface area (Å²) in [4.78, 5) is 17.6. The molecule has 0 amide bonds. The van der Waals surface area contributed by atoms with Crippen molar-refractivity contribution in [2.75, 3.05) is 13.1 Å². The number of aliphatic carboxylic acids is 1. The zero-order chi connectivity index (χ0) is 13.1. The van der Waals surface area contributed by atoms with E-state index in [1.54, 1.807) is 6.20 Å². The first-order chi connectivity index (χ1) is 8.59. The number of aromatic nitrogens is 2. The molecule has 0 spiro atoms. The molecule has 1 aromatic heterocycles. The monoisotopic (exact) mass is 251 g/mol. The highest BCUT2D eigenvalue weighted by atomic mass is 16.4. The molecule has 0 bridgehead atoms. The fourth-order valence-electron chi connectivity index (χ4n) is 2.80. The first kappa shape index (κ1) is 13.1. The van der Waals surface area contributed by atoms with E-state index in [0.29, 0.717) is 0 Å². The maximum absolute atomic E-state index is 11.3. The molecule has 2 atom stereocenters. The third-order valence-electron chi connectivity index (χ3n) is 3.84. The lowest BCUT2D eigenvalue weighted by molar-refractivity contribution is -0.146. The van der Waals surface area contributed by atoms with Crippen LogP contribution in [0.15, 0.2) is 12.4 Å². The summed E-state index contributed by atoms with van der Waals surface area (Å²) >= 11 is 0. The standard InChI is InChI=1S/C13H21N3O2/c1-10-4-3-6-16(12(10)13(17)18)9-8-15-7-5-14-11(15)2/h5,7,10,12H,3-4,6,8-9H2,1-2H3,(H,17,18).